The summed E-state index contributed by atoms with van der Waals surface area (Å²) in [5.41, 5.74) is 14.5. The van der Waals surface area contributed by atoms with E-state index in [1.807, 2.05) is 23.9 Å². The third-order valence-corrected chi connectivity index (χ3v) is 11.5. The molecule has 0 atom stereocenters. The van der Waals surface area contributed by atoms with Crippen molar-refractivity contribution in [2.24, 2.45) is 10.2 Å². The van der Waals surface area contributed by atoms with Gasteiger partial charge in [-0.1, -0.05) is 39.8 Å². The van der Waals surface area contributed by atoms with Crippen molar-refractivity contribution in [1.29, 1.82) is 5.26 Å². The van der Waals surface area contributed by atoms with E-state index < -0.39 is 0 Å². The molecule has 1 N–H and O–H groups in total. The normalized spacial score (nSPS) is 11.4. The van der Waals surface area contributed by atoms with E-state index >= 15 is 0 Å². The molecule has 0 fully saturated rings. The molecule has 6 aromatic rings. The predicted octanol–water partition coefficient (Wildman–Crippen LogP) is 11.8. The number of nitriles is 1. The Bertz CT molecular complexity index is 2350. The van der Waals surface area contributed by atoms with Gasteiger partial charge in [0.2, 0.25) is 5.13 Å². The first kappa shape index (κ1) is 37.5. The maximum Gasteiger partial charge on any atom is 0.212 e. The number of rotatable bonds is 12. The molecule has 0 saturated heterocycles. The van der Waals surface area contributed by atoms with Gasteiger partial charge < -0.3 is 5.32 Å². The summed E-state index contributed by atoms with van der Waals surface area (Å²) in [6.45, 7) is 21.4. The van der Waals surface area contributed by atoms with Crippen molar-refractivity contribution < 1.29 is 0 Å². The summed E-state index contributed by atoms with van der Waals surface area (Å²) in [5, 5.41) is 33.5. The third-order valence-electron chi connectivity index (χ3n) is 10.0. The lowest BCUT2D eigenvalue weighted by Gasteiger charge is -2.29. The number of nitrogens with zero attached hydrogens (tertiary/aromatic N) is 9. The van der Waals surface area contributed by atoms with Crippen LogP contribution in [0, 0.1) is 52.9 Å². The lowest BCUT2D eigenvalue weighted by Crippen LogP contribution is -2.17. The molecule has 0 saturated carbocycles. The number of aryl methyl sites for hydroxylation is 6. The van der Waals surface area contributed by atoms with Gasteiger partial charge in [0, 0.05) is 28.8 Å². The number of anilines is 5. The molecule has 6 rings (SSSR count). The molecule has 4 aromatic heterocycles. The minimum absolute atomic E-state index is 0.323. The van der Waals surface area contributed by atoms with Crippen LogP contribution in [0.25, 0.3) is 5.13 Å². The summed E-state index contributed by atoms with van der Waals surface area (Å²) in [5.74, 6) is 1.62. The number of nitrogens with one attached hydrogen (secondary N) is 1. The molecule has 2 aromatic carbocycles. The maximum absolute atomic E-state index is 10.1. The summed E-state index contributed by atoms with van der Waals surface area (Å²) < 4.78 is 1.59. The molecule has 0 aliphatic heterocycles. The molecule has 0 spiro atoms. The van der Waals surface area contributed by atoms with Crippen molar-refractivity contribution in [1.82, 2.24) is 24.7 Å². The highest BCUT2D eigenvalue weighted by atomic mass is 32.1. The van der Waals surface area contributed by atoms with E-state index in [1.54, 1.807) is 29.1 Å². The van der Waals surface area contributed by atoms with Crippen LogP contribution in [-0.4, -0.2) is 24.7 Å². The lowest BCUT2D eigenvalue weighted by atomic mass is 9.93. The van der Waals surface area contributed by atoms with Crippen LogP contribution in [-0.2, 0) is 25.7 Å². The SMILES string of the molecule is CCc1cc(C)c(C)c(CC)c1Nc1nc(N(c2nccs2)c2c(CC)cc(C)c(C)c2CC)cc(C)c1N=Nc1c(C#N)c(C)nn1-c1nccs1. The second kappa shape index (κ2) is 15.8. The van der Waals surface area contributed by atoms with Crippen LogP contribution < -0.4 is 10.2 Å². The first-order valence-electron chi connectivity index (χ1n) is 18.1. The zero-order valence-electron chi connectivity index (χ0n) is 32.2. The Morgan fingerprint density at radius 2 is 1.45 bits per heavy atom. The summed E-state index contributed by atoms with van der Waals surface area (Å²) >= 11 is 3.00. The van der Waals surface area contributed by atoms with Crippen molar-refractivity contribution in [2.75, 3.05) is 10.2 Å². The predicted molar refractivity (Wildman–Crippen MR) is 218 cm³/mol. The fourth-order valence-electron chi connectivity index (χ4n) is 6.98. The van der Waals surface area contributed by atoms with Crippen molar-refractivity contribution in [3.63, 3.8) is 0 Å². The van der Waals surface area contributed by atoms with Crippen LogP contribution in [0.1, 0.15) is 89.0 Å². The average Bonchev–Trinajstić information content (AvgIpc) is 3.94. The first-order chi connectivity index (χ1) is 25.6. The zero-order chi connectivity index (χ0) is 38.0. The molecule has 4 heterocycles. The van der Waals surface area contributed by atoms with Gasteiger partial charge in [0.1, 0.15) is 23.1 Å². The number of benzene rings is 2. The molecule has 0 amide bonds. The highest BCUT2D eigenvalue weighted by Gasteiger charge is 2.27. The smallest absolute Gasteiger partial charge is 0.212 e. The van der Waals surface area contributed by atoms with Gasteiger partial charge in [0.15, 0.2) is 16.8 Å². The van der Waals surface area contributed by atoms with Crippen LogP contribution in [0.5, 0.6) is 0 Å². The number of hydrogen-bond acceptors (Lipinski definition) is 11. The fourth-order valence-corrected chi connectivity index (χ4v) is 8.23. The Labute approximate surface area is 320 Å². The van der Waals surface area contributed by atoms with Crippen LogP contribution in [0.4, 0.5) is 39.6 Å². The van der Waals surface area contributed by atoms with Gasteiger partial charge in [0.25, 0.3) is 0 Å². The highest BCUT2D eigenvalue weighted by molar-refractivity contribution is 7.13. The standard InChI is InChI=1S/C41H46N10S2/c1-11-29-19-23(5)26(8)31(13-3)36(29)46-38-35(47-48-39-33(22-42)28(10)49-51(39)41-44-16-18-53-41)25(7)21-34(45-38)50(40-43-15-17-52-40)37-30(12-2)20-24(6)27(9)32(37)14-4/h15-21H,11-14H2,1-10H3,(H,45,46). The topological polar surface area (TPSA) is 120 Å². The molecule has 272 valence electrons. The van der Waals surface area contributed by atoms with Crippen molar-refractivity contribution in [2.45, 2.75) is 94.9 Å². The monoisotopic (exact) mass is 742 g/mol. The number of azo groups is 1. The first-order valence-corrected chi connectivity index (χ1v) is 19.9. The Morgan fingerprint density at radius 3 is 2.06 bits per heavy atom. The minimum Gasteiger partial charge on any atom is -0.338 e. The number of hydrogen-bond donors (Lipinski definition) is 1. The molecule has 0 unspecified atom stereocenters. The fraction of sp³-hybridized carbons (Fsp3) is 0.341. The number of aromatic nitrogens is 5. The molecular weight excluding hydrogens is 697 g/mol. The van der Waals surface area contributed by atoms with Crippen LogP contribution in [0.2, 0.25) is 0 Å². The van der Waals surface area contributed by atoms with Gasteiger partial charge in [-0.05, 0) is 123 Å². The molecule has 0 aliphatic carbocycles. The van der Waals surface area contributed by atoms with Gasteiger partial charge >= 0.3 is 0 Å². The van der Waals surface area contributed by atoms with Gasteiger partial charge in [-0.2, -0.15) is 15.0 Å². The highest BCUT2D eigenvalue weighted by Crippen LogP contribution is 2.45. The summed E-state index contributed by atoms with van der Waals surface area (Å²) in [6.07, 6.45) is 6.97. The van der Waals surface area contributed by atoms with Gasteiger partial charge in [-0.15, -0.1) is 32.9 Å². The molecule has 0 bridgehead atoms. The molecule has 12 heteroatoms. The summed E-state index contributed by atoms with van der Waals surface area (Å²) in [6, 6.07) is 8.90. The Balaban J connectivity index is 1.64. The van der Waals surface area contributed by atoms with E-state index in [0.29, 0.717) is 33.7 Å². The quantitative estimate of drug-likeness (QED) is 0.124. The second-order valence-corrected chi connectivity index (χ2v) is 14.9. The van der Waals surface area contributed by atoms with E-state index in [4.69, 9.17) is 20.2 Å². The van der Waals surface area contributed by atoms with Crippen LogP contribution in [0.3, 0.4) is 0 Å². The summed E-state index contributed by atoms with van der Waals surface area (Å²) in [7, 11) is 0. The number of thiazole rings is 2. The molecule has 0 aliphatic rings. The van der Waals surface area contributed by atoms with Crippen molar-refractivity contribution >= 4 is 62.3 Å². The van der Waals surface area contributed by atoms with Gasteiger partial charge in [0.05, 0.1) is 11.4 Å². The lowest BCUT2D eigenvalue weighted by molar-refractivity contribution is 0.845. The largest absolute Gasteiger partial charge is 0.338 e. The van der Waals surface area contributed by atoms with Crippen molar-refractivity contribution in [3.05, 3.63) is 103 Å². The van der Waals surface area contributed by atoms with E-state index in [1.165, 1.54) is 55.8 Å². The maximum atomic E-state index is 10.1. The van der Waals surface area contributed by atoms with Crippen LogP contribution in [0.15, 0.2) is 51.6 Å². The molecule has 0 radical (unpaired) electrons. The summed E-state index contributed by atoms with van der Waals surface area (Å²) in [4.78, 5) is 16.9. The second-order valence-electron chi connectivity index (χ2n) is 13.1. The molecule has 53 heavy (non-hydrogen) atoms. The average molecular weight is 743 g/mol. The molecular formula is C41H46N10S2. The Morgan fingerprint density at radius 1 is 0.792 bits per heavy atom. The zero-order valence-corrected chi connectivity index (χ0v) is 33.8. The van der Waals surface area contributed by atoms with E-state index in [-0.39, 0.29) is 0 Å². The van der Waals surface area contributed by atoms with E-state index in [2.05, 4.69) is 100.0 Å². The Hall–Kier alpha value is -5.25. The van der Waals surface area contributed by atoms with Gasteiger partial charge in [-0.3, -0.25) is 4.90 Å². The van der Waals surface area contributed by atoms with Gasteiger partial charge in [-0.25, -0.2) is 15.0 Å². The molecule has 10 nitrogen and oxygen atoms in total. The van der Waals surface area contributed by atoms with E-state index in [0.717, 1.165) is 53.6 Å². The number of pyridine rings is 1. The third kappa shape index (κ3) is 6.99. The van der Waals surface area contributed by atoms with Crippen LogP contribution >= 0.6 is 22.7 Å². The minimum atomic E-state index is 0.323. The van der Waals surface area contributed by atoms with Crippen molar-refractivity contribution in [3.8, 4) is 11.2 Å². The van der Waals surface area contributed by atoms with E-state index in [9.17, 15) is 5.26 Å². The Kier molecular flexibility index (Phi) is 11.2.